The van der Waals surface area contributed by atoms with Crippen LogP contribution in [0.4, 0.5) is 5.69 Å². The van der Waals surface area contributed by atoms with Crippen LogP contribution >= 0.6 is 0 Å². The number of hydrogen-bond acceptors (Lipinski definition) is 3. The first-order chi connectivity index (χ1) is 10.6. The molecule has 0 aliphatic heterocycles. The number of benzene rings is 1. The second-order valence-corrected chi connectivity index (χ2v) is 5.22. The number of nitro groups is 1. The fourth-order valence-corrected chi connectivity index (χ4v) is 1.99. The van der Waals surface area contributed by atoms with Gasteiger partial charge in [-0.15, -0.1) is 0 Å². The van der Waals surface area contributed by atoms with Crippen molar-refractivity contribution < 1.29 is 9.66 Å². The van der Waals surface area contributed by atoms with Crippen molar-refractivity contribution in [3.8, 4) is 5.75 Å². The lowest BCUT2D eigenvalue weighted by Crippen LogP contribution is -1.96. The molecule has 4 nitrogen and oxygen atoms in total. The molecule has 22 heavy (non-hydrogen) atoms. The summed E-state index contributed by atoms with van der Waals surface area (Å²) >= 11 is 0. The molecule has 0 heterocycles. The average molecular weight is 303 g/mol. The summed E-state index contributed by atoms with van der Waals surface area (Å²) in [4.78, 5) is 10.2. The number of non-ortho nitro benzene ring substituents is 1. The molecular weight excluding hydrogens is 278 g/mol. The Kier molecular flexibility index (Phi) is 7.97. The van der Waals surface area contributed by atoms with E-state index >= 15 is 0 Å². The van der Waals surface area contributed by atoms with Crippen LogP contribution < -0.4 is 4.74 Å². The first-order valence-corrected chi connectivity index (χ1v) is 7.77. The second kappa shape index (κ2) is 9.77. The monoisotopic (exact) mass is 303 g/mol. The van der Waals surface area contributed by atoms with Crippen molar-refractivity contribution in [2.75, 3.05) is 6.61 Å². The molecule has 0 bridgehead atoms. The number of rotatable bonds is 9. The molecule has 4 heteroatoms. The van der Waals surface area contributed by atoms with E-state index in [1.54, 1.807) is 12.1 Å². The van der Waals surface area contributed by atoms with Gasteiger partial charge in [0.05, 0.1) is 4.92 Å². The van der Waals surface area contributed by atoms with Gasteiger partial charge in [0.1, 0.15) is 12.4 Å². The van der Waals surface area contributed by atoms with Gasteiger partial charge in [0.2, 0.25) is 0 Å². The van der Waals surface area contributed by atoms with Gasteiger partial charge < -0.3 is 4.74 Å². The SMILES string of the molecule is CC/C(C)=C/CC/C(=C/COc1ccc([N+](=O)[O-])cc1)CC. The molecule has 0 fully saturated rings. The van der Waals surface area contributed by atoms with E-state index in [4.69, 9.17) is 4.74 Å². The Labute approximate surface area is 132 Å². The lowest BCUT2D eigenvalue weighted by molar-refractivity contribution is -0.384. The third kappa shape index (κ3) is 6.57. The molecule has 0 spiro atoms. The van der Waals surface area contributed by atoms with Crippen LogP contribution in [0.1, 0.15) is 46.5 Å². The summed E-state index contributed by atoms with van der Waals surface area (Å²) in [7, 11) is 0. The zero-order valence-corrected chi connectivity index (χ0v) is 13.7. The molecule has 0 amide bonds. The first-order valence-electron chi connectivity index (χ1n) is 7.77. The maximum atomic E-state index is 10.6. The van der Waals surface area contributed by atoms with E-state index in [0.29, 0.717) is 12.4 Å². The predicted octanol–water partition coefficient (Wildman–Crippen LogP) is 5.45. The van der Waals surface area contributed by atoms with Crippen LogP contribution in [-0.4, -0.2) is 11.5 Å². The highest BCUT2D eigenvalue weighted by Crippen LogP contribution is 2.18. The Balaban J connectivity index is 2.46. The molecule has 0 atom stereocenters. The highest BCUT2D eigenvalue weighted by molar-refractivity contribution is 5.36. The van der Waals surface area contributed by atoms with Gasteiger partial charge in [-0.25, -0.2) is 0 Å². The highest BCUT2D eigenvalue weighted by Gasteiger charge is 2.03. The molecule has 1 aromatic carbocycles. The zero-order chi connectivity index (χ0) is 16.4. The Bertz CT molecular complexity index is 530. The summed E-state index contributed by atoms with van der Waals surface area (Å²) < 4.78 is 5.61. The van der Waals surface area contributed by atoms with Gasteiger partial charge in [-0.1, -0.05) is 31.1 Å². The van der Waals surface area contributed by atoms with Gasteiger partial charge in [0, 0.05) is 12.1 Å². The number of allylic oxidation sites excluding steroid dienone is 3. The van der Waals surface area contributed by atoms with E-state index in [1.807, 2.05) is 0 Å². The Morgan fingerprint density at radius 2 is 1.86 bits per heavy atom. The lowest BCUT2D eigenvalue weighted by atomic mass is 10.1. The summed E-state index contributed by atoms with van der Waals surface area (Å²) in [5.74, 6) is 0.652. The molecule has 0 unspecified atom stereocenters. The van der Waals surface area contributed by atoms with Crippen LogP contribution in [0.3, 0.4) is 0 Å². The molecule has 0 saturated heterocycles. The van der Waals surface area contributed by atoms with Crippen LogP contribution in [0.15, 0.2) is 47.6 Å². The van der Waals surface area contributed by atoms with Crippen LogP contribution in [-0.2, 0) is 0 Å². The number of nitrogens with zero attached hydrogens (tertiary/aromatic N) is 1. The van der Waals surface area contributed by atoms with Gasteiger partial charge in [-0.2, -0.15) is 0 Å². The maximum absolute atomic E-state index is 10.6. The van der Waals surface area contributed by atoms with E-state index in [9.17, 15) is 10.1 Å². The van der Waals surface area contributed by atoms with Gasteiger partial charge in [0.15, 0.2) is 0 Å². The standard InChI is InChI=1S/C18H25NO3/c1-4-15(3)7-6-8-16(5-2)13-14-22-18-11-9-17(10-12-18)19(20)21/h7,9-13H,4-6,8,14H2,1-3H3/b15-7+,16-13+. The Morgan fingerprint density at radius 1 is 1.18 bits per heavy atom. The zero-order valence-electron chi connectivity index (χ0n) is 13.7. The topological polar surface area (TPSA) is 52.4 Å². The molecule has 0 saturated carbocycles. The van der Waals surface area contributed by atoms with Crippen LogP contribution in [0, 0.1) is 10.1 Å². The van der Waals surface area contributed by atoms with Gasteiger partial charge in [-0.3, -0.25) is 10.1 Å². The van der Waals surface area contributed by atoms with Crippen molar-refractivity contribution in [3.63, 3.8) is 0 Å². The largest absolute Gasteiger partial charge is 0.490 e. The summed E-state index contributed by atoms with van der Waals surface area (Å²) in [5, 5.41) is 10.6. The summed E-state index contributed by atoms with van der Waals surface area (Å²) in [6, 6.07) is 6.17. The van der Waals surface area contributed by atoms with Crippen LogP contribution in [0.2, 0.25) is 0 Å². The number of nitro benzene ring substituents is 1. The predicted molar refractivity (Wildman–Crippen MR) is 90.2 cm³/mol. The number of ether oxygens (including phenoxy) is 1. The van der Waals surface area contributed by atoms with Crippen molar-refractivity contribution in [1.29, 1.82) is 0 Å². The lowest BCUT2D eigenvalue weighted by Gasteiger charge is -2.06. The average Bonchev–Trinajstić information content (AvgIpc) is 2.53. The van der Waals surface area contributed by atoms with Crippen LogP contribution in [0.5, 0.6) is 5.75 Å². The van der Waals surface area contributed by atoms with Gasteiger partial charge >= 0.3 is 0 Å². The highest BCUT2D eigenvalue weighted by atomic mass is 16.6. The van der Waals surface area contributed by atoms with Gasteiger partial charge in [-0.05, 0) is 50.8 Å². The first kappa shape index (κ1) is 18.0. The summed E-state index contributed by atoms with van der Waals surface area (Å²) in [6.07, 6.45) is 8.64. The summed E-state index contributed by atoms with van der Waals surface area (Å²) in [6.45, 7) is 6.97. The molecule has 0 radical (unpaired) electrons. The van der Waals surface area contributed by atoms with E-state index in [1.165, 1.54) is 23.3 Å². The molecule has 0 N–H and O–H groups in total. The van der Waals surface area contributed by atoms with Crippen molar-refractivity contribution in [3.05, 3.63) is 57.7 Å². The Hall–Kier alpha value is -2.10. The fraction of sp³-hybridized carbons (Fsp3) is 0.444. The van der Waals surface area contributed by atoms with Crippen molar-refractivity contribution in [1.82, 2.24) is 0 Å². The summed E-state index contributed by atoms with van der Waals surface area (Å²) in [5.41, 5.74) is 2.88. The minimum atomic E-state index is -0.412. The third-order valence-corrected chi connectivity index (χ3v) is 3.64. The second-order valence-electron chi connectivity index (χ2n) is 5.22. The minimum Gasteiger partial charge on any atom is -0.490 e. The Morgan fingerprint density at radius 3 is 2.41 bits per heavy atom. The fourth-order valence-electron chi connectivity index (χ4n) is 1.99. The quantitative estimate of drug-likeness (QED) is 0.346. The van der Waals surface area contributed by atoms with E-state index in [-0.39, 0.29) is 5.69 Å². The van der Waals surface area contributed by atoms with E-state index < -0.39 is 4.92 Å². The van der Waals surface area contributed by atoms with Crippen LogP contribution in [0.25, 0.3) is 0 Å². The molecular formula is C18H25NO3. The minimum absolute atomic E-state index is 0.0789. The maximum Gasteiger partial charge on any atom is 0.269 e. The number of hydrogen-bond donors (Lipinski definition) is 0. The molecule has 0 aliphatic carbocycles. The van der Waals surface area contributed by atoms with E-state index in [0.717, 1.165) is 25.7 Å². The molecule has 120 valence electrons. The van der Waals surface area contributed by atoms with Crippen molar-refractivity contribution in [2.24, 2.45) is 0 Å². The smallest absolute Gasteiger partial charge is 0.269 e. The van der Waals surface area contributed by atoms with Crippen molar-refractivity contribution in [2.45, 2.75) is 46.5 Å². The molecule has 1 aromatic rings. The normalized spacial score (nSPS) is 12.3. The molecule has 0 aromatic heterocycles. The molecule has 1 rings (SSSR count). The molecule has 0 aliphatic rings. The van der Waals surface area contributed by atoms with E-state index in [2.05, 4.69) is 32.9 Å². The van der Waals surface area contributed by atoms with Crippen molar-refractivity contribution >= 4 is 5.69 Å². The van der Waals surface area contributed by atoms with Gasteiger partial charge in [0.25, 0.3) is 5.69 Å². The third-order valence-electron chi connectivity index (χ3n) is 3.64.